The number of amides is 1. The second kappa shape index (κ2) is 6.19. The minimum absolute atomic E-state index is 0.0622. The number of rotatable bonds is 5. The molecule has 1 amide bonds. The van der Waals surface area contributed by atoms with Gasteiger partial charge in [0.1, 0.15) is 22.5 Å². The van der Waals surface area contributed by atoms with E-state index in [4.69, 9.17) is 4.42 Å². The van der Waals surface area contributed by atoms with Crippen LogP contribution in [0, 0.1) is 0 Å². The molecule has 1 atom stereocenters. The molecule has 0 saturated heterocycles. The molecule has 0 bridgehead atoms. The summed E-state index contributed by atoms with van der Waals surface area (Å²) in [6, 6.07) is 7.71. The Bertz CT molecular complexity index is 844. The number of carbonyl (C=O) groups is 1. The van der Waals surface area contributed by atoms with Gasteiger partial charge in [-0.25, -0.2) is 9.97 Å². The molecule has 2 heterocycles. The highest BCUT2D eigenvalue weighted by Crippen LogP contribution is 2.33. The zero-order chi connectivity index (χ0) is 15.5. The molecule has 1 N–H and O–H groups in total. The van der Waals surface area contributed by atoms with Crippen LogP contribution in [-0.2, 0) is 4.79 Å². The summed E-state index contributed by atoms with van der Waals surface area (Å²) in [5.74, 6) is -0.0622. The lowest BCUT2D eigenvalue weighted by Crippen LogP contribution is -2.30. The van der Waals surface area contributed by atoms with Gasteiger partial charge in [0.2, 0.25) is 5.91 Å². The molecule has 5 nitrogen and oxygen atoms in total. The number of hydrogen-bond donors (Lipinski definition) is 1. The van der Waals surface area contributed by atoms with Crippen molar-refractivity contribution in [2.75, 3.05) is 6.54 Å². The van der Waals surface area contributed by atoms with Crippen molar-refractivity contribution in [2.45, 2.75) is 17.2 Å². The van der Waals surface area contributed by atoms with Crippen LogP contribution in [0.25, 0.3) is 22.1 Å². The van der Waals surface area contributed by atoms with Gasteiger partial charge in [0.05, 0.1) is 5.25 Å². The predicted octanol–water partition coefficient (Wildman–Crippen LogP) is 3.16. The van der Waals surface area contributed by atoms with Gasteiger partial charge in [-0.3, -0.25) is 4.79 Å². The number of para-hydroxylation sites is 1. The molecule has 0 spiro atoms. The molecule has 112 valence electrons. The maximum atomic E-state index is 12.0. The highest BCUT2D eigenvalue weighted by Gasteiger charge is 2.19. The van der Waals surface area contributed by atoms with Gasteiger partial charge in [-0.15, -0.1) is 6.58 Å². The topological polar surface area (TPSA) is 68.0 Å². The van der Waals surface area contributed by atoms with Crippen LogP contribution in [-0.4, -0.2) is 27.7 Å². The molecule has 0 radical (unpaired) electrons. The number of nitrogens with one attached hydrogen (secondary N) is 1. The zero-order valence-corrected chi connectivity index (χ0v) is 12.9. The van der Waals surface area contributed by atoms with Crippen molar-refractivity contribution in [3.05, 3.63) is 43.2 Å². The van der Waals surface area contributed by atoms with Crippen LogP contribution in [0.3, 0.4) is 0 Å². The second-order valence-corrected chi connectivity index (χ2v) is 6.08. The summed E-state index contributed by atoms with van der Waals surface area (Å²) in [6.45, 7) is 5.87. The van der Waals surface area contributed by atoms with E-state index in [9.17, 15) is 4.79 Å². The van der Waals surface area contributed by atoms with Gasteiger partial charge >= 0.3 is 0 Å². The minimum Gasteiger partial charge on any atom is -0.451 e. The standard InChI is InChI=1S/C16H15N3O2S/c1-3-8-17-15(20)10(2)22-16-14-13(18-9-19-16)11-6-4-5-7-12(11)21-14/h3-7,9-10H,1,8H2,2H3,(H,17,20)/t10-/m1/s1. The Labute approximate surface area is 131 Å². The van der Waals surface area contributed by atoms with Crippen molar-refractivity contribution in [1.82, 2.24) is 15.3 Å². The van der Waals surface area contributed by atoms with E-state index in [1.165, 1.54) is 18.1 Å². The average molecular weight is 313 g/mol. The third-order valence-corrected chi connectivity index (χ3v) is 4.29. The normalized spacial score (nSPS) is 12.4. The summed E-state index contributed by atoms with van der Waals surface area (Å²) < 4.78 is 5.85. The second-order valence-electron chi connectivity index (χ2n) is 4.75. The average Bonchev–Trinajstić information content (AvgIpc) is 2.92. The summed E-state index contributed by atoms with van der Waals surface area (Å²) >= 11 is 1.36. The van der Waals surface area contributed by atoms with E-state index >= 15 is 0 Å². The minimum atomic E-state index is -0.286. The number of fused-ring (bicyclic) bond motifs is 3. The van der Waals surface area contributed by atoms with Crippen LogP contribution in [0.4, 0.5) is 0 Å². The van der Waals surface area contributed by atoms with Crippen molar-refractivity contribution < 1.29 is 9.21 Å². The van der Waals surface area contributed by atoms with Crippen LogP contribution in [0.5, 0.6) is 0 Å². The van der Waals surface area contributed by atoms with Crippen molar-refractivity contribution in [2.24, 2.45) is 0 Å². The third-order valence-electron chi connectivity index (χ3n) is 3.20. The van der Waals surface area contributed by atoms with E-state index in [0.29, 0.717) is 17.2 Å². The fourth-order valence-electron chi connectivity index (χ4n) is 2.12. The van der Waals surface area contributed by atoms with Gasteiger partial charge in [0.25, 0.3) is 0 Å². The molecule has 0 aliphatic rings. The molecule has 22 heavy (non-hydrogen) atoms. The Kier molecular flexibility index (Phi) is 4.11. The molecule has 3 rings (SSSR count). The van der Waals surface area contributed by atoms with Crippen molar-refractivity contribution in [3.63, 3.8) is 0 Å². The fourth-order valence-corrected chi connectivity index (χ4v) is 3.00. The molecular weight excluding hydrogens is 298 g/mol. The summed E-state index contributed by atoms with van der Waals surface area (Å²) in [7, 11) is 0. The third kappa shape index (κ3) is 2.69. The maximum Gasteiger partial charge on any atom is 0.233 e. The van der Waals surface area contributed by atoms with E-state index in [2.05, 4.69) is 21.9 Å². The molecule has 0 aliphatic carbocycles. The number of benzene rings is 1. The van der Waals surface area contributed by atoms with E-state index in [1.807, 2.05) is 31.2 Å². The molecule has 6 heteroatoms. The molecule has 2 aromatic heterocycles. The summed E-state index contributed by atoms with van der Waals surface area (Å²) in [5, 5.41) is 4.11. The molecular formula is C16H15N3O2S. The lowest BCUT2D eigenvalue weighted by molar-refractivity contribution is -0.120. The summed E-state index contributed by atoms with van der Waals surface area (Å²) in [4.78, 5) is 20.5. The monoisotopic (exact) mass is 313 g/mol. The highest BCUT2D eigenvalue weighted by molar-refractivity contribution is 8.00. The summed E-state index contributed by atoms with van der Waals surface area (Å²) in [5.41, 5.74) is 2.16. The SMILES string of the molecule is C=CCNC(=O)[C@@H](C)Sc1ncnc2c1oc1ccccc12. The molecule has 3 aromatic rings. The number of hydrogen-bond acceptors (Lipinski definition) is 5. The van der Waals surface area contributed by atoms with E-state index in [-0.39, 0.29) is 11.2 Å². The van der Waals surface area contributed by atoms with E-state index < -0.39 is 0 Å². The smallest absolute Gasteiger partial charge is 0.233 e. The van der Waals surface area contributed by atoms with Crippen molar-refractivity contribution in [3.8, 4) is 0 Å². The lowest BCUT2D eigenvalue weighted by Gasteiger charge is -2.10. The van der Waals surface area contributed by atoms with Gasteiger partial charge in [0.15, 0.2) is 5.58 Å². The van der Waals surface area contributed by atoms with Crippen LogP contribution in [0.2, 0.25) is 0 Å². The molecule has 0 aliphatic heterocycles. The lowest BCUT2D eigenvalue weighted by atomic mass is 10.2. The van der Waals surface area contributed by atoms with Crippen LogP contribution < -0.4 is 5.32 Å². The van der Waals surface area contributed by atoms with Crippen molar-refractivity contribution >= 4 is 39.7 Å². The number of aromatic nitrogens is 2. The Morgan fingerprint density at radius 3 is 3.09 bits per heavy atom. The summed E-state index contributed by atoms with van der Waals surface area (Å²) in [6.07, 6.45) is 3.15. The fraction of sp³-hybridized carbons (Fsp3) is 0.188. The number of thioether (sulfide) groups is 1. The number of nitrogens with zero attached hydrogens (tertiary/aromatic N) is 2. The largest absolute Gasteiger partial charge is 0.451 e. The first-order valence-electron chi connectivity index (χ1n) is 6.88. The van der Waals surface area contributed by atoms with Crippen LogP contribution >= 0.6 is 11.8 Å². The molecule has 1 aromatic carbocycles. The highest BCUT2D eigenvalue weighted by atomic mass is 32.2. The zero-order valence-electron chi connectivity index (χ0n) is 12.1. The first-order chi connectivity index (χ1) is 10.7. The van der Waals surface area contributed by atoms with E-state index in [1.54, 1.807) is 6.08 Å². The Morgan fingerprint density at radius 2 is 2.27 bits per heavy atom. The van der Waals surface area contributed by atoms with Gasteiger partial charge in [-0.2, -0.15) is 0 Å². The van der Waals surface area contributed by atoms with E-state index in [0.717, 1.165) is 16.5 Å². The first kappa shape index (κ1) is 14.6. The van der Waals surface area contributed by atoms with Gasteiger partial charge in [-0.05, 0) is 19.1 Å². The van der Waals surface area contributed by atoms with Crippen molar-refractivity contribution in [1.29, 1.82) is 0 Å². The first-order valence-corrected chi connectivity index (χ1v) is 7.76. The van der Waals surface area contributed by atoms with Crippen LogP contribution in [0.15, 0.2) is 52.7 Å². The number of carbonyl (C=O) groups excluding carboxylic acids is 1. The molecule has 0 saturated carbocycles. The Balaban J connectivity index is 1.94. The Hall–Kier alpha value is -2.34. The molecule has 0 fully saturated rings. The number of furan rings is 1. The molecule has 0 unspecified atom stereocenters. The maximum absolute atomic E-state index is 12.0. The van der Waals surface area contributed by atoms with Crippen LogP contribution in [0.1, 0.15) is 6.92 Å². The quantitative estimate of drug-likeness (QED) is 0.445. The van der Waals surface area contributed by atoms with Gasteiger partial charge in [0, 0.05) is 11.9 Å². The van der Waals surface area contributed by atoms with Gasteiger partial charge in [-0.1, -0.05) is 30.0 Å². The Morgan fingerprint density at radius 1 is 1.45 bits per heavy atom. The van der Waals surface area contributed by atoms with Gasteiger partial charge < -0.3 is 9.73 Å². The predicted molar refractivity (Wildman–Crippen MR) is 87.8 cm³/mol.